The van der Waals surface area contributed by atoms with Crippen LogP contribution in [-0.2, 0) is 16.6 Å². The van der Waals surface area contributed by atoms with Gasteiger partial charge < -0.3 is 4.90 Å². The Morgan fingerprint density at radius 1 is 1.40 bits per heavy atom. The van der Waals surface area contributed by atoms with Crippen molar-refractivity contribution in [3.63, 3.8) is 0 Å². The van der Waals surface area contributed by atoms with Gasteiger partial charge in [0.15, 0.2) is 0 Å². The molecule has 1 saturated heterocycles. The first-order valence-electron chi connectivity index (χ1n) is 8.66. The van der Waals surface area contributed by atoms with Crippen LogP contribution in [0.25, 0.3) is 0 Å². The molecule has 1 aromatic rings. The summed E-state index contributed by atoms with van der Waals surface area (Å²) in [6.07, 6.45) is 5.19. The highest BCUT2D eigenvalue weighted by molar-refractivity contribution is 7.87. The number of piperidine rings is 1. The van der Waals surface area contributed by atoms with Crippen LogP contribution in [-0.4, -0.2) is 66.3 Å². The normalized spacial score (nSPS) is 18.7. The predicted octanol–water partition coefficient (Wildman–Crippen LogP) is 1.27. The number of amides is 1. The fourth-order valence-electron chi connectivity index (χ4n) is 2.95. The van der Waals surface area contributed by atoms with E-state index >= 15 is 0 Å². The average Bonchev–Trinajstić information content (AvgIpc) is 3.03. The Morgan fingerprint density at radius 3 is 2.84 bits per heavy atom. The number of carbonyl (C=O) groups excluding carboxylic acids is 1. The van der Waals surface area contributed by atoms with Crippen molar-refractivity contribution in [2.45, 2.75) is 51.5 Å². The number of hydrogen-bond acceptors (Lipinski definition) is 6. The molecule has 0 aliphatic carbocycles. The van der Waals surface area contributed by atoms with E-state index in [0.29, 0.717) is 24.4 Å². The Morgan fingerprint density at radius 2 is 2.16 bits per heavy atom. The Kier molecular flexibility index (Phi) is 7.29. The van der Waals surface area contributed by atoms with Gasteiger partial charge in [0.2, 0.25) is 0 Å². The minimum atomic E-state index is -3.43. The second-order valence-corrected chi connectivity index (χ2v) is 9.14. The highest BCUT2D eigenvalue weighted by Crippen LogP contribution is 2.24. The van der Waals surface area contributed by atoms with Crippen LogP contribution in [0.1, 0.15) is 54.4 Å². The van der Waals surface area contributed by atoms with E-state index in [0.717, 1.165) is 53.6 Å². The Bertz CT molecular complexity index is 674. The van der Waals surface area contributed by atoms with E-state index in [1.165, 1.54) is 14.1 Å². The summed E-state index contributed by atoms with van der Waals surface area (Å²) in [6.45, 7) is 3.07. The van der Waals surface area contributed by atoms with Gasteiger partial charge in [-0.05, 0) is 43.6 Å². The van der Waals surface area contributed by atoms with Crippen molar-refractivity contribution in [2.24, 2.45) is 0 Å². The van der Waals surface area contributed by atoms with Crippen LogP contribution < -0.4 is 4.72 Å². The van der Waals surface area contributed by atoms with E-state index in [1.54, 1.807) is 0 Å². The first-order chi connectivity index (χ1) is 11.9. The molecule has 0 spiro atoms. The molecular formula is C15H27N5O3S2. The van der Waals surface area contributed by atoms with Gasteiger partial charge in [0.1, 0.15) is 4.88 Å². The van der Waals surface area contributed by atoms with Gasteiger partial charge in [0.25, 0.3) is 16.1 Å². The quantitative estimate of drug-likeness (QED) is 0.722. The number of aromatic nitrogens is 2. The Labute approximate surface area is 153 Å². The summed E-state index contributed by atoms with van der Waals surface area (Å²) in [5.74, 6) is -0.0152. The molecule has 2 heterocycles. The lowest BCUT2D eigenvalue weighted by atomic mass is 9.99. The van der Waals surface area contributed by atoms with Crippen LogP contribution in [0.3, 0.4) is 0 Å². The summed E-state index contributed by atoms with van der Waals surface area (Å²) in [7, 11) is -0.450. The van der Waals surface area contributed by atoms with Crippen molar-refractivity contribution in [1.29, 1.82) is 0 Å². The lowest BCUT2D eigenvalue weighted by Crippen LogP contribution is -2.46. The van der Waals surface area contributed by atoms with Gasteiger partial charge in [-0.3, -0.25) is 4.79 Å². The molecule has 2 rings (SSSR count). The molecule has 0 saturated carbocycles. The molecule has 0 unspecified atom stereocenters. The maximum Gasteiger partial charge on any atom is 0.278 e. The first kappa shape index (κ1) is 20.2. The number of carbonyl (C=O) groups is 1. The molecule has 0 bridgehead atoms. The largest absolute Gasteiger partial charge is 0.335 e. The third-order valence-electron chi connectivity index (χ3n) is 4.37. The molecule has 1 atom stereocenters. The number of likely N-dealkylation sites (tertiary alicyclic amines) is 1. The van der Waals surface area contributed by atoms with Gasteiger partial charge in [-0.1, -0.05) is 17.8 Å². The van der Waals surface area contributed by atoms with Crippen molar-refractivity contribution in [3.05, 3.63) is 10.6 Å². The molecule has 1 aliphatic heterocycles. The Hall–Kier alpha value is -1.10. The predicted molar refractivity (Wildman–Crippen MR) is 97.8 cm³/mol. The Balaban J connectivity index is 2.02. The zero-order valence-electron chi connectivity index (χ0n) is 15.1. The minimum absolute atomic E-state index is 0.0152. The number of nitrogens with zero attached hydrogens (tertiary/aromatic N) is 4. The molecule has 0 radical (unpaired) electrons. The standard InChI is InChI=1S/C15H27N5O3S2/c1-4-7-13-14(24-18-17-13)15(21)20-11-6-5-8-12(20)9-10-16-25(22,23)19(2)3/h12,16H,4-11H2,1-3H3/t12-/m1/s1. The van der Waals surface area contributed by atoms with Gasteiger partial charge >= 0.3 is 0 Å². The van der Waals surface area contributed by atoms with E-state index in [1.807, 2.05) is 11.8 Å². The van der Waals surface area contributed by atoms with E-state index in [-0.39, 0.29) is 11.9 Å². The molecule has 10 heteroatoms. The van der Waals surface area contributed by atoms with Crippen LogP contribution in [0.4, 0.5) is 0 Å². The van der Waals surface area contributed by atoms with Crippen LogP contribution in [0.2, 0.25) is 0 Å². The van der Waals surface area contributed by atoms with E-state index in [2.05, 4.69) is 14.3 Å². The van der Waals surface area contributed by atoms with Crippen molar-refractivity contribution < 1.29 is 13.2 Å². The lowest BCUT2D eigenvalue weighted by Gasteiger charge is -2.35. The lowest BCUT2D eigenvalue weighted by molar-refractivity contribution is 0.0607. The molecule has 1 amide bonds. The molecule has 1 aromatic heterocycles. The van der Waals surface area contributed by atoms with Crippen LogP contribution >= 0.6 is 11.5 Å². The second kappa shape index (κ2) is 9.02. The van der Waals surface area contributed by atoms with E-state index in [9.17, 15) is 13.2 Å². The maximum absolute atomic E-state index is 12.9. The fraction of sp³-hybridized carbons (Fsp3) is 0.800. The van der Waals surface area contributed by atoms with Crippen molar-refractivity contribution in [1.82, 2.24) is 23.5 Å². The molecule has 1 fully saturated rings. The smallest absolute Gasteiger partial charge is 0.278 e. The maximum atomic E-state index is 12.9. The molecule has 1 N–H and O–H groups in total. The van der Waals surface area contributed by atoms with Crippen LogP contribution in [0, 0.1) is 0 Å². The molecule has 1 aliphatic rings. The van der Waals surface area contributed by atoms with Crippen molar-refractivity contribution in [3.8, 4) is 0 Å². The number of rotatable bonds is 8. The summed E-state index contributed by atoms with van der Waals surface area (Å²) in [4.78, 5) is 15.4. The first-order valence-corrected chi connectivity index (χ1v) is 10.9. The van der Waals surface area contributed by atoms with Crippen LogP contribution in [0.15, 0.2) is 0 Å². The molecule has 0 aromatic carbocycles. The van der Waals surface area contributed by atoms with Gasteiger partial charge in [-0.15, -0.1) is 5.10 Å². The summed E-state index contributed by atoms with van der Waals surface area (Å²) in [5, 5.41) is 4.08. The van der Waals surface area contributed by atoms with Crippen molar-refractivity contribution >= 4 is 27.6 Å². The number of hydrogen-bond donors (Lipinski definition) is 1. The third-order valence-corrected chi connectivity index (χ3v) is 6.65. The zero-order valence-corrected chi connectivity index (χ0v) is 16.7. The van der Waals surface area contributed by atoms with Gasteiger partial charge in [-0.2, -0.15) is 12.7 Å². The van der Waals surface area contributed by atoms with Gasteiger partial charge in [-0.25, -0.2) is 4.72 Å². The second-order valence-electron chi connectivity index (χ2n) is 6.42. The van der Waals surface area contributed by atoms with Crippen LogP contribution in [0.5, 0.6) is 0 Å². The molecule has 25 heavy (non-hydrogen) atoms. The summed E-state index contributed by atoms with van der Waals surface area (Å²) in [5.41, 5.74) is 0.773. The monoisotopic (exact) mass is 389 g/mol. The van der Waals surface area contributed by atoms with Gasteiger partial charge in [0.05, 0.1) is 5.69 Å². The molecule has 8 nitrogen and oxygen atoms in total. The molecule has 142 valence electrons. The SMILES string of the molecule is CCCc1nnsc1C(=O)N1CCCC[C@@H]1CCNS(=O)(=O)N(C)C. The summed E-state index contributed by atoms with van der Waals surface area (Å²) < 4.78 is 31.3. The average molecular weight is 390 g/mol. The highest BCUT2D eigenvalue weighted by atomic mass is 32.2. The third kappa shape index (κ3) is 5.19. The summed E-state index contributed by atoms with van der Waals surface area (Å²) >= 11 is 1.15. The molecular weight excluding hydrogens is 362 g/mol. The van der Waals surface area contributed by atoms with E-state index < -0.39 is 10.2 Å². The zero-order chi connectivity index (χ0) is 18.4. The number of nitrogens with one attached hydrogen (secondary N) is 1. The minimum Gasteiger partial charge on any atom is -0.335 e. The van der Waals surface area contributed by atoms with Gasteiger partial charge in [0, 0.05) is 33.2 Å². The van der Waals surface area contributed by atoms with Crippen molar-refractivity contribution in [2.75, 3.05) is 27.2 Å². The number of aryl methyl sites for hydroxylation is 1. The highest BCUT2D eigenvalue weighted by Gasteiger charge is 2.30. The summed E-state index contributed by atoms with van der Waals surface area (Å²) in [6, 6.07) is 0.0442. The van der Waals surface area contributed by atoms with E-state index in [4.69, 9.17) is 0 Å². The fourth-order valence-corrected chi connectivity index (χ4v) is 4.25. The topological polar surface area (TPSA) is 95.5 Å².